The van der Waals surface area contributed by atoms with Crippen LogP contribution in [0.3, 0.4) is 0 Å². The van der Waals surface area contributed by atoms with Crippen molar-refractivity contribution in [1.29, 1.82) is 0 Å². The van der Waals surface area contributed by atoms with Gasteiger partial charge in [-0.2, -0.15) is 0 Å². The van der Waals surface area contributed by atoms with Crippen molar-refractivity contribution in [1.82, 2.24) is 5.32 Å². The highest BCUT2D eigenvalue weighted by Crippen LogP contribution is 1.80. The summed E-state index contributed by atoms with van der Waals surface area (Å²) in [6, 6.07) is 0. The molecule has 0 aliphatic heterocycles. The molecule has 0 rings (SSSR count). The normalized spacial score (nSPS) is 9.70. The maximum Gasteiger partial charge on any atom is 0.216 e. The number of hydrogen-bond donors (Lipinski definition) is 1. The lowest BCUT2D eigenvalue weighted by Crippen LogP contribution is -2.20. The molecule has 0 heterocycles. The summed E-state index contributed by atoms with van der Waals surface area (Å²) in [6.07, 6.45) is 6.41. The Hall–Kier alpha value is -1.05. The largest absolute Gasteiger partial charge is 0.356 e. The van der Waals surface area contributed by atoms with Gasteiger partial charge in [0.15, 0.2) is 0 Å². The van der Waals surface area contributed by atoms with Crippen LogP contribution < -0.4 is 5.32 Å². The quantitative estimate of drug-likeness (QED) is 0.461. The van der Waals surface area contributed by atoms with Crippen molar-refractivity contribution >= 4 is 5.91 Å². The van der Waals surface area contributed by atoms with Gasteiger partial charge in [0.05, 0.1) is 0 Å². The van der Waals surface area contributed by atoms with Crippen LogP contribution in [-0.2, 0) is 4.79 Å². The molecule has 0 aromatic carbocycles. The van der Waals surface area contributed by atoms with E-state index in [1.165, 1.54) is 6.92 Å². The maximum atomic E-state index is 10.3. The molecule has 0 bridgehead atoms. The van der Waals surface area contributed by atoms with Gasteiger partial charge in [-0.25, -0.2) is 0 Å². The van der Waals surface area contributed by atoms with Crippen LogP contribution in [0.1, 0.15) is 13.3 Å². The molecule has 2 nitrogen and oxygen atoms in total. The molecule has 10 heavy (non-hydrogen) atoms. The summed E-state index contributed by atoms with van der Waals surface area (Å²) < 4.78 is 0. The summed E-state index contributed by atoms with van der Waals surface area (Å²) in [5, 5.41) is 2.68. The van der Waals surface area contributed by atoms with Crippen molar-refractivity contribution in [2.24, 2.45) is 0 Å². The van der Waals surface area contributed by atoms with Crippen LogP contribution in [0.2, 0.25) is 0 Å². The van der Waals surface area contributed by atoms with Crippen molar-refractivity contribution in [2.75, 3.05) is 6.54 Å². The maximum absolute atomic E-state index is 10.3. The lowest BCUT2D eigenvalue weighted by molar-refractivity contribution is -0.118. The van der Waals surface area contributed by atoms with E-state index in [4.69, 9.17) is 0 Å². The Kier molecular flexibility index (Phi) is 5.44. The molecule has 0 aliphatic rings. The molecule has 56 valence electrons. The Balaban J connectivity index is 3.12. The average Bonchev–Trinajstić information content (AvgIpc) is 1.87. The highest BCUT2D eigenvalue weighted by atomic mass is 16.1. The molecule has 0 spiro atoms. The molecule has 0 unspecified atom stereocenters. The Morgan fingerprint density at radius 3 is 2.90 bits per heavy atom. The first kappa shape index (κ1) is 8.95. The van der Waals surface area contributed by atoms with Crippen molar-refractivity contribution in [3.8, 4) is 0 Å². The standard InChI is InChI=1S/C8H13NO/c1-3-4-5-6-7-9-8(2)10/h3-5H,1,6-7H2,2H3,(H,9,10)/b5-4-. The van der Waals surface area contributed by atoms with Gasteiger partial charge in [0.25, 0.3) is 0 Å². The van der Waals surface area contributed by atoms with E-state index in [2.05, 4.69) is 11.9 Å². The molecule has 0 saturated carbocycles. The summed E-state index contributed by atoms with van der Waals surface area (Å²) in [6.45, 7) is 5.74. The van der Waals surface area contributed by atoms with Crippen LogP contribution in [0.15, 0.2) is 24.8 Å². The zero-order chi connectivity index (χ0) is 7.82. The second-order valence-corrected chi connectivity index (χ2v) is 1.94. The highest BCUT2D eigenvalue weighted by Gasteiger charge is 1.85. The van der Waals surface area contributed by atoms with E-state index in [0.29, 0.717) is 6.54 Å². The van der Waals surface area contributed by atoms with Gasteiger partial charge in [0.1, 0.15) is 0 Å². The number of nitrogens with one attached hydrogen (secondary N) is 1. The third-order valence-corrected chi connectivity index (χ3v) is 0.957. The second-order valence-electron chi connectivity index (χ2n) is 1.94. The summed E-state index contributed by atoms with van der Waals surface area (Å²) in [5.74, 6) is 0.0204. The first-order valence-corrected chi connectivity index (χ1v) is 3.29. The number of carbonyl (C=O) groups is 1. The average molecular weight is 139 g/mol. The Labute approximate surface area is 61.6 Å². The zero-order valence-corrected chi connectivity index (χ0v) is 6.26. The Morgan fingerprint density at radius 1 is 1.70 bits per heavy atom. The van der Waals surface area contributed by atoms with Gasteiger partial charge in [-0.1, -0.05) is 24.8 Å². The van der Waals surface area contributed by atoms with E-state index in [1.807, 2.05) is 12.2 Å². The summed E-state index contributed by atoms with van der Waals surface area (Å²) in [4.78, 5) is 10.3. The first-order chi connectivity index (χ1) is 4.77. The third kappa shape index (κ3) is 6.95. The second kappa shape index (κ2) is 6.08. The van der Waals surface area contributed by atoms with E-state index in [9.17, 15) is 4.79 Å². The van der Waals surface area contributed by atoms with Gasteiger partial charge in [-0.15, -0.1) is 0 Å². The fourth-order valence-corrected chi connectivity index (χ4v) is 0.524. The minimum absolute atomic E-state index is 0.0204. The predicted molar refractivity (Wildman–Crippen MR) is 42.6 cm³/mol. The van der Waals surface area contributed by atoms with E-state index in [1.54, 1.807) is 6.08 Å². The molecule has 0 aliphatic carbocycles. The molecule has 0 fully saturated rings. The van der Waals surface area contributed by atoms with Gasteiger partial charge in [0, 0.05) is 13.5 Å². The minimum atomic E-state index is 0.0204. The Morgan fingerprint density at radius 2 is 2.40 bits per heavy atom. The molecule has 0 atom stereocenters. The minimum Gasteiger partial charge on any atom is -0.356 e. The van der Waals surface area contributed by atoms with Crippen molar-refractivity contribution in [3.63, 3.8) is 0 Å². The molecular formula is C8H13NO. The zero-order valence-electron chi connectivity index (χ0n) is 6.26. The van der Waals surface area contributed by atoms with Gasteiger partial charge in [-0.3, -0.25) is 4.79 Å². The van der Waals surface area contributed by atoms with E-state index < -0.39 is 0 Å². The van der Waals surface area contributed by atoms with Crippen LogP contribution in [0.25, 0.3) is 0 Å². The molecule has 0 saturated heterocycles. The van der Waals surface area contributed by atoms with E-state index in [0.717, 1.165) is 6.42 Å². The van der Waals surface area contributed by atoms with Crippen LogP contribution in [0.5, 0.6) is 0 Å². The fourth-order valence-electron chi connectivity index (χ4n) is 0.524. The van der Waals surface area contributed by atoms with Crippen LogP contribution >= 0.6 is 0 Å². The number of allylic oxidation sites excluding steroid dienone is 2. The molecule has 1 N–H and O–H groups in total. The first-order valence-electron chi connectivity index (χ1n) is 3.29. The van der Waals surface area contributed by atoms with Gasteiger partial charge >= 0.3 is 0 Å². The third-order valence-electron chi connectivity index (χ3n) is 0.957. The number of rotatable bonds is 4. The smallest absolute Gasteiger partial charge is 0.216 e. The summed E-state index contributed by atoms with van der Waals surface area (Å²) >= 11 is 0. The lowest BCUT2D eigenvalue weighted by Gasteiger charge is -1.95. The summed E-state index contributed by atoms with van der Waals surface area (Å²) in [5.41, 5.74) is 0. The number of hydrogen-bond acceptors (Lipinski definition) is 1. The topological polar surface area (TPSA) is 29.1 Å². The van der Waals surface area contributed by atoms with Crippen LogP contribution in [0, 0.1) is 0 Å². The monoisotopic (exact) mass is 139 g/mol. The van der Waals surface area contributed by atoms with Crippen molar-refractivity contribution in [3.05, 3.63) is 24.8 Å². The summed E-state index contributed by atoms with van der Waals surface area (Å²) in [7, 11) is 0. The number of carbonyl (C=O) groups excluding carboxylic acids is 1. The Bertz CT molecular complexity index is 138. The van der Waals surface area contributed by atoms with Gasteiger partial charge < -0.3 is 5.32 Å². The van der Waals surface area contributed by atoms with E-state index in [-0.39, 0.29) is 5.91 Å². The molecule has 2 heteroatoms. The van der Waals surface area contributed by atoms with Crippen LogP contribution in [0.4, 0.5) is 0 Å². The predicted octanol–water partition coefficient (Wildman–Crippen LogP) is 1.25. The van der Waals surface area contributed by atoms with Crippen LogP contribution in [-0.4, -0.2) is 12.5 Å². The van der Waals surface area contributed by atoms with Gasteiger partial charge in [0.2, 0.25) is 5.91 Å². The van der Waals surface area contributed by atoms with E-state index >= 15 is 0 Å². The molecule has 1 amide bonds. The molecule has 0 aromatic rings. The highest BCUT2D eigenvalue weighted by molar-refractivity contribution is 5.72. The fraction of sp³-hybridized carbons (Fsp3) is 0.375. The number of amides is 1. The SMILES string of the molecule is C=C/C=C\CCNC(C)=O. The van der Waals surface area contributed by atoms with Crippen molar-refractivity contribution in [2.45, 2.75) is 13.3 Å². The molecule has 0 aromatic heterocycles. The molecule has 0 radical (unpaired) electrons. The van der Waals surface area contributed by atoms with Gasteiger partial charge in [-0.05, 0) is 6.42 Å². The molecular weight excluding hydrogens is 126 g/mol. The lowest BCUT2D eigenvalue weighted by atomic mass is 10.3. The van der Waals surface area contributed by atoms with Crippen molar-refractivity contribution < 1.29 is 4.79 Å².